The van der Waals surface area contributed by atoms with E-state index in [1.807, 2.05) is 64.1 Å². The van der Waals surface area contributed by atoms with Crippen LogP contribution in [0.2, 0.25) is 0 Å². The third-order valence-electron chi connectivity index (χ3n) is 5.70. The minimum atomic E-state index is -0.631. The molecule has 0 spiro atoms. The number of fused-ring (bicyclic) bond motifs is 1. The number of carbonyl (C=O) groups excluding carboxylic acids is 3. The topological polar surface area (TPSA) is 108 Å². The van der Waals surface area contributed by atoms with Crippen molar-refractivity contribution in [3.8, 4) is 0 Å². The van der Waals surface area contributed by atoms with Gasteiger partial charge in [-0.1, -0.05) is 70.9 Å². The maximum absolute atomic E-state index is 12.4. The second kappa shape index (κ2) is 15.2. The van der Waals surface area contributed by atoms with Crippen LogP contribution in [0.3, 0.4) is 0 Å². The molecule has 0 heterocycles. The van der Waals surface area contributed by atoms with E-state index >= 15 is 0 Å². The maximum Gasteiger partial charge on any atom is 0.328 e. The van der Waals surface area contributed by atoms with Gasteiger partial charge >= 0.3 is 11.9 Å². The van der Waals surface area contributed by atoms with Crippen LogP contribution >= 0.6 is 12.4 Å². The van der Waals surface area contributed by atoms with Crippen molar-refractivity contribution < 1.29 is 23.9 Å². The van der Waals surface area contributed by atoms with E-state index in [1.165, 1.54) is 14.2 Å². The van der Waals surface area contributed by atoms with Crippen molar-refractivity contribution in [2.75, 3.05) is 14.2 Å². The first-order valence-electron chi connectivity index (χ1n) is 10.9. The van der Waals surface area contributed by atoms with Gasteiger partial charge in [0.1, 0.15) is 12.1 Å². The quantitative estimate of drug-likeness (QED) is 0.550. The van der Waals surface area contributed by atoms with Crippen LogP contribution in [0, 0.1) is 11.8 Å². The first kappa shape index (κ1) is 30.4. The molecule has 0 aliphatic carbocycles. The standard InChI is InChI=1S/C18H21NO3.C7H15NO2.ClH/c1-4-12(2)16(18(21)22-3)19-17(20)15-10-9-13-7-5-6-8-14(13)11-15;1-4-5(2)6(8)7(9)10-3;/h5-12,16H,4H2,1-3H3,(H,19,20);5-6H,4,8H2,1-3H3;1H/t12-,16-;5-,6-;/m00./s1. The molecule has 0 fully saturated rings. The van der Waals surface area contributed by atoms with Gasteiger partial charge in [0.2, 0.25) is 0 Å². The van der Waals surface area contributed by atoms with Gasteiger partial charge < -0.3 is 20.5 Å². The lowest BCUT2D eigenvalue weighted by Crippen LogP contribution is -2.45. The van der Waals surface area contributed by atoms with E-state index in [-0.39, 0.29) is 36.1 Å². The Balaban J connectivity index is 0.000000794. The van der Waals surface area contributed by atoms with E-state index in [9.17, 15) is 14.4 Å². The van der Waals surface area contributed by atoms with E-state index < -0.39 is 18.1 Å². The lowest BCUT2D eigenvalue weighted by atomic mass is 9.98. The van der Waals surface area contributed by atoms with Gasteiger partial charge in [0, 0.05) is 5.56 Å². The Bertz CT molecular complexity index is 905. The van der Waals surface area contributed by atoms with E-state index in [0.717, 1.165) is 23.6 Å². The zero-order valence-corrected chi connectivity index (χ0v) is 21.1. The van der Waals surface area contributed by atoms with Crippen molar-refractivity contribution in [3.05, 3.63) is 48.0 Å². The predicted molar refractivity (Wildman–Crippen MR) is 133 cm³/mol. The van der Waals surface area contributed by atoms with Crippen molar-refractivity contribution >= 4 is 41.0 Å². The highest BCUT2D eigenvalue weighted by Crippen LogP contribution is 2.17. The molecule has 4 atom stereocenters. The maximum atomic E-state index is 12.4. The molecule has 2 aromatic rings. The molecule has 0 bridgehead atoms. The molecule has 3 N–H and O–H groups in total. The van der Waals surface area contributed by atoms with Gasteiger partial charge in [0.25, 0.3) is 5.91 Å². The van der Waals surface area contributed by atoms with E-state index in [4.69, 9.17) is 10.5 Å². The predicted octanol–water partition coefficient (Wildman–Crippen LogP) is 4.11. The number of halogens is 1. The number of benzene rings is 2. The Hall–Kier alpha value is -2.64. The zero-order chi connectivity index (χ0) is 24.3. The number of ether oxygens (including phenoxy) is 2. The lowest BCUT2D eigenvalue weighted by Gasteiger charge is -2.21. The van der Waals surface area contributed by atoms with E-state index in [1.54, 1.807) is 6.07 Å². The first-order valence-corrected chi connectivity index (χ1v) is 10.9. The van der Waals surface area contributed by atoms with Crippen LogP contribution in [0.5, 0.6) is 0 Å². The van der Waals surface area contributed by atoms with Crippen molar-refractivity contribution in [3.63, 3.8) is 0 Å². The Morgan fingerprint density at radius 1 is 0.879 bits per heavy atom. The Morgan fingerprint density at radius 3 is 1.94 bits per heavy atom. The number of nitrogens with two attached hydrogens (primary N) is 1. The largest absolute Gasteiger partial charge is 0.468 e. The zero-order valence-electron chi connectivity index (χ0n) is 20.3. The summed E-state index contributed by atoms with van der Waals surface area (Å²) in [5.41, 5.74) is 6.05. The molecule has 2 aromatic carbocycles. The third kappa shape index (κ3) is 9.02. The molecule has 0 aromatic heterocycles. The SMILES string of the molecule is CC[C@H](C)[C@H](N)C(=O)OC.CC[C@H](C)[C@H](NC(=O)c1ccc2ccccc2c1)C(=O)OC.Cl. The fourth-order valence-corrected chi connectivity index (χ4v) is 2.97. The monoisotopic (exact) mass is 480 g/mol. The van der Waals surface area contributed by atoms with Crippen molar-refractivity contribution in [2.45, 2.75) is 52.6 Å². The molecular formula is C25H37ClN2O5. The Labute approximate surface area is 202 Å². The summed E-state index contributed by atoms with van der Waals surface area (Å²) in [6.45, 7) is 7.82. The number of rotatable bonds is 8. The molecule has 8 heteroatoms. The molecule has 0 radical (unpaired) electrons. The second-order valence-corrected chi connectivity index (χ2v) is 7.86. The van der Waals surface area contributed by atoms with E-state index in [2.05, 4.69) is 10.1 Å². The van der Waals surface area contributed by atoms with Crippen LogP contribution in [-0.4, -0.2) is 44.1 Å². The van der Waals surface area contributed by atoms with Crippen LogP contribution in [0.1, 0.15) is 50.9 Å². The van der Waals surface area contributed by atoms with Crippen LogP contribution in [0.25, 0.3) is 10.8 Å². The number of amides is 1. The fraction of sp³-hybridized carbons (Fsp3) is 0.480. The van der Waals surface area contributed by atoms with Crippen molar-refractivity contribution in [1.29, 1.82) is 0 Å². The smallest absolute Gasteiger partial charge is 0.328 e. The highest BCUT2D eigenvalue weighted by Gasteiger charge is 2.27. The van der Waals surface area contributed by atoms with Crippen molar-refractivity contribution in [2.24, 2.45) is 17.6 Å². The minimum Gasteiger partial charge on any atom is -0.468 e. The number of esters is 2. The molecule has 1 amide bonds. The van der Waals surface area contributed by atoms with Gasteiger partial charge in [0.05, 0.1) is 14.2 Å². The summed E-state index contributed by atoms with van der Waals surface area (Å²) in [5.74, 6) is -0.788. The summed E-state index contributed by atoms with van der Waals surface area (Å²) in [5, 5.41) is 4.85. The lowest BCUT2D eigenvalue weighted by molar-refractivity contribution is -0.144. The summed E-state index contributed by atoms with van der Waals surface area (Å²) in [4.78, 5) is 35.0. The number of hydrogen-bond acceptors (Lipinski definition) is 6. The first-order chi connectivity index (χ1) is 15.2. The molecule has 0 aliphatic rings. The molecule has 33 heavy (non-hydrogen) atoms. The summed E-state index contributed by atoms with van der Waals surface area (Å²) >= 11 is 0. The molecule has 0 unspecified atom stereocenters. The van der Waals surface area contributed by atoms with Gasteiger partial charge in [-0.2, -0.15) is 0 Å². The fourth-order valence-electron chi connectivity index (χ4n) is 2.97. The van der Waals surface area contributed by atoms with Crippen LogP contribution < -0.4 is 11.1 Å². The summed E-state index contributed by atoms with van der Waals surface area (Å²) in [6, 6.07) is 12.2. The number of methoxy groups -OCH3 is 2. The molecule has 184 valence electrons. The molecule has 0 saturated carbocycles. The molecular weight excluding hydrogens is 444 g/mol. The molecule has 0 aliphatic heterocycles. The van der Waals surface area contributed by atoms with Crippen LogP contribution in [-0.2, 0) is 19.1 Å². The average molecular weight is 481 g/mol. The van der Waals surface area contributed by atoms with Gasteiger partial charge in [-0.05, 0) is 34.7 Å². The average Bonchev–Trinajstić information content (AvgIpc) is 2.84. The van der Waals surface area contributed by atoms with Gasteiger partial charge in [-0.15, -0.1) is 12.4 Å². The number of nitrogens with one attached hydrogen (secondary N) is 1. The normalized spacial score (nSPS) is 13.8. The Morgan fingerprint density at radius 2 is 1.42 bits per heavy atom. The number of hydrogen-bond donors (Lipinski definition) is 2. The molecule has 0 saturated heterocycles. The van der Waals surface area contributed by atoms with E-state index in [0.29, 0.717) is 5.56 Å². The van der Waals surface area contributed by atoms with Crippen molar-refractivity contribution in [1.82, 2.24) is 5.32 Å². The second-order valence-electron chi connectivity index (χ2n) is 7.86. The van der Waals surface area contributed by atoms with Crippen LogP contribution in [0.15, 0.2) is 42.5 Å². The van der Waals surface area contributed by atoms with Gasteiger partial charge in [0.15, 0.2) is 0 Å². The van der Waals surface area contributed by atoms with Gasteiger partial charge in [-0.3, -0.25) is 9.59 Å². The summed E-state index contributed by atoms with van der Waals surface area (Å²) in [7, 11) is 2.68. The summed E-state index contributed by atoms with van der Waals surface area (Å²) in [6.07, 6.45) is 1.67. The molecule has 2 rings (SSSR count). The highest BCUT2D eigenvalue weighted by atomic mass is 35.5. The third-order valence-corrected chi connectivity index (χ3v) is 5.70. The molecule has 7 nitrogen and oxygen atoms in total. The van der Waals surface area contributed by atoms with Crippen LogP contribution in [0.4, 0.5) is 0 Å². The highest BCUT2D eigenvalue weighted by molar-refractivity contribution is 6.00. The summed E-state index contributed by atoms with van der Waals surface area (Å²) < 4.78 is 9.26. The Kier molecular flexibility index (Phi) is 14.0. The minimum absolute atomic E-state index is 0. The van der Waals surface area contributed by atoms with Gasteiger partial charge in [-0.25, -0.2) is 4.79 Å². The number of carbonyl (C=O) groups is 3.